The summed E-state index contributed by atoms with van der Waals surface area (Å²) in [5, 5.41) is 1.18. The Morgan fingerprint density at radius 2 is 1.80 bits per heavy atom. The summed E-state index contributed by atoms with van der Waals surface area (Å²) in [6.45, 7) is 1.86. The van der Waals surface area contributed by atoms with E-state index >= 15 is 0 Å². The summed E-state index contributed by atoms with van der Waals surface area (Å²) in [7, 11) is -1.72. The molecule has 1 aliphatic rings. The van der Waals surface area contributed by atoms with Crippen LogP contribution in [-0.4, -0.2) is 33.2 Å². The number of benzene rings is 2. The molecule has 0 saturated heterocycles. The second kappa shape index (κ2) is 6.72. The highest BCUT2D eigenvalue weighted by Crippen LogP contribution is 2.27. The maximum absolute atomic E-state index is 13.2. The number of aryl methyl sites for hydroxylation is 1. The van der Waals surface area contributed by atoms with E-state index in [-0.39, 0.29) is 11.7 Å². The molecule has 0 saturated carbocycles. The van der Waals surface area contributed by atoms with E-state index in [0.29, 0.717) is 17.0 Å². The van der Waals surface area contributed by atoms with Crippen molar-refractivity contribution in [2.24, 2.45) is 0 Å². The number of hydrogen-bond donors (Lipinski definition) is 0. The topological polar surface area (TPSA) is 63.7 Å². The number of hydrogen-bond acceptors (Lipinski definition) is 4. The highest BCUT2D eigenvalue weighted by Gasteiger charge is 2.32. The maximum Gasteiger partial charge on any atom is 0.259 e. The second-order valence-electron chi connectivity index (χ2n) is 5.91. The third-order valence-electron chi connectivity index (χ3n) is 4.19. The van der Waals surface area contributed by atoms with Crippen LogP contribution in [0.25, 0.3) is 0 Å². The van der Waals surface area contributed by atoms with Gasteiger partial charge in [-0.2, -0.15) is 0 Å². The fourth-order valence-corrected chi connectivity index (χ4v) is 4.13. The Balaban J connectivity index is 2.04. The SMILES string of the molecule is COc1ccc(N(C(=O)c2ccccc2C)[C@@H]2C=CS(=O)(=O)C2)cc1. The Morgan fingerprint density at radius 1 is 1.12 bits per heavy atom. The molecule has 2 aromatic rings. The normalized spacial score (nSPS) is 18.1. The Bertz CT molecular complexity index is 917. The molecule has 0 N–H and O–H groups in total. The van der Waals surface area contributed by atoms with Gasteiger partial charge in [-0.05, 0) is 48.9 Å². The summed E-state index contributed by atoms with van der Waals surface area (Å²) in [6, 6.07) is 13.8. The molecule has 1 aliphatic heterocycles. The summed E-state index contributed by atoms with van der Waals surface area (Å²) in [4.78, 5) is 14.7. The first-order chi connectivity index (χ1) is 11.9. The lowest BCUT2D eigenvalue weighted by Gasteiger charge is -2.28. The van der Waals surface area contributed by atoms with Crippen LogP contribution in [0.5, 0.6) is 5.75 Å². The number of methoxy groups -OCH3 is 1. The van der Waals surface area contributed by atoms with Crippen LogP contribution in [0, 0.1) is 6.92 Å². The van der Waals surface area contributed by atoms with E-state index in [1.54, 1.807) is 49.6 Å². The van der Waals surface area contributed by atoms with Gasteiger partial charge in [0.15, 0.2) is 9.84 Å². The summed E-state index contributed by atoms with van der Waals surface area (Å²) >= 11 is 0. The molecular weight excluding hydrogens is 338 g/mol. The van der Waals surface area contributed by atoms with E-state index in [9.17, 15) is 13.2 Å². The number of rotatable bonds is 4. The molecule has 3 rings (SSSR count). The molecule has 1 amide bonds. The van der Waals surface area contributed by atoms with Gasteiger partial charge in [0.1, 0.15) is 5.75 Å². The molecule has 0 fully saturated rings. The Hall–Kier alpha value is -2.60. The monoisotopic (exact) mass is 357 g/mol. The van der Waals surface area contributed by atoms with Crippen molar-refractivity contribution < 1.29 is 17.9 Å². The molecule has 2 aromatic carbocycles. The van der Waals surface area contributed by atoms with Gasteiger partial charge < -0.3 is 9.64 Å². The predicted octanol–water partition coefficient (Wildman–Crippen LogP) is 2.96. The van der Waals surface area contributed by atoms with E-state index in [4.69, 9.17) is 4.74 Å². The van der Waals surface area contributed by atoms with Gasteiger partial charge in [0.25, 0.3) is 5.91 Å². The number of anilines is 1. The average Bonchev–Trinajstić information content (AvgIpc) is 2.95. The largest absolute Gasteiger partial charge is 0.497 e. The number of ether oxygens (including phenoxy) is 1. The highest BCUT2D eigenvalue weighted by molar-refractivity contribution is 7.94. The van der Waals surface area contributed by atoms with Gasteiger partial charge in [-0.3, -0.25) is 4.79 Å². The van der Waals surface area contributed by atoms with Gasteiger partial charge in [0.05, 0.1) is 18.9 Å². The minimum absolute atomic E-state index is 0.114. The molecule has 25 heavy (non-hydrogen) atoms. The van der Waals surface area contributed by atoms with Crippen molar-refractivity contribution in [3.8, 4) is 5.75 Å². The van der Waals surface area contributed by atoms with Gasteiger partial charge in [-0.15, -0.1) is 0 Å². The van der Waals surface area contributed by atoms with E-state index in [1.807, 2.05) is 19.1 Å². The number of carbonyl (C=O) groups is 1. The summed E-state index contributed by atoms with van der Waals surface area (Å²) in [6.07, 6.45) is 1.57. The van der Waals surface area contributed by atoms with Crippen molar-refractivity contribution in [3.63, 3.8) is 0 Å². The van der Waals surface area contributed by atoms with Gasteiger partial charge in [-0.25, -0.2) is 8.42 Å². The molecule has 5 nitrogen and oxygen atoms in total. The molecule has 0 aromatic heterocycles. The number of amides is 1. The van der Waals surface area contributed by atoms with E-state index in [1.165, 1.54) is 10.3 Å². The second-order valence-corrected chi connectivity index (χ2v) is 7.84. The summed E-state index contributed by atoms with van der Waals surface area (Å²) in [5.41, 5.74) is 2.02. The van der Waals surface area contributed by atoms with E-state index < -0.39 is 15.9 Å². The first-order valence-corrected chi connectivity index (χ1v) is 9.57. The zero-order chi connectivity index (χ0) is 18.0. The van der Waals surface area contributed by atoms with E-state index in [2.05, 4.69) is 0 Å². The zero-order valence-corrected chi connectivity index (χ0v) is 14.9. The average molecular weight is 357 g/mol. The predicted molar refractivity (Wildman–Crippen MR) is 97.7 cm³/mol. The molecule has 6 heteroatoms. The van der Waals surface area contributed by atoms with Crippen molar-refractivity contribution in [3.05, 3.63) is 71.1 Å². The Labute approximate surface area is 147 Å². The van der Waals surface area contributed by atoms with Gasteiger partial charge in [0, 0.05) is 16.7 Å². The number of sulfone groups is 1. The van der Waals surface area contributed by atoms with Crippen LogP contribution < -0.4 is 9.64 Å². The first kappa shape index (κ1) is 17.2. The lowest BCUT2D eigenvalue weighted by molar-refractivity contribution is 0.0982. The van der Waals surface area contributed by atoms with Crippen molar-refractivity contribution >= 4 is 21.4 Å². The van der Waals surface area contributed by atoms with Crippen molar-refractivity contribution in [2.75, 3.05) is 17.8 Å². The molecule has 1 heterocycles. The van der Waals surface area contributed by atoms with Gasteiger partial charge >= 0.3 is 0 Å². The first-order valence-electron chi connectivity index (χ1n) is 7.85. The lowest BCUT2D eigenvalue weighted by atomic mass is 10.1. The minimum atomic E-state index is -3.29. The third-order valence-corrected chi connectivity index (χ3v) is 5.57. The fourth-order valence-electron chi connectivity index (χ4n) is 2.86. The van der Waals surface area contributed by atoms with Crippen molar-refractivity contribution in [1.82, 2.24) is 0 Å². The molecule has 0 aliphatic carbocycles. The van der Waals surface area contributed by atoms with Gasteiger partial charge in [0.2, 0.25) is 0 Å². The molecule has 0 spiro atoms. The van der Waals surface area contributed by atoms with Gasteiger partial charge in [-0.1, -0.05) is 18.2 Å². The van der Waals surface area contributed by atoms with Crippen LogP contribution in [0.2, 0.25) is 0 Å². The van der Waals surface area contributed by atoms with Crippen LogP contribution in [0.3, 0.4) is 0 Å². The van der Waals surface area contributed by atoms with Crippen LogP contribution in [0.1, 0.15) is 15.9 Å². The quantitative estimate of drug-likeness (QED) is 0.844. The Kier molecular flexibility index (Phi) is 4.63. The summed E-state index contributed by atoms with van der Waals surface area (Å²) in [5.74, 6) is 0.327. The third kappa shape index (κ3) is 3.58. The molecule has 130 valence electrons. The standard InChI is InChI=1S/C19H19NO4S/c1-14-5-3-4-6-18(14)19(21)20(16-11-12-25(22,23)13-16)15-7-9-17(24-2)10-8-15/h3-12,16H,13H2,1-2H3/t16-/m1/s1. The maximum atomic E-state index is 13.2. The fraction of sp³-hybridized carbons (Fsp3) is 0.211. The molecule has 0 radical (unpaired) electrons. The zero-order valence-electron chi connectivity index (χ0n) is 14.0. The van der Waals surface area contributed by atoms with Crippen molar-refractivity contribution in [1.29, 1.82) is 0 Å². The number of carbonyl (C=O) groups excluding carboxylic acids is 1. The van der Waals surface area contributed by atoms with Crippen LogP contribution in [-0.2, 0) is 9.84 Å². The molecule has 1 atom stereocenters. The molecule has 0 bridgehead atoms. The highest BCUT2D eigenvalue weighted by atomic mass is 32.2. The van der Waals surface area contributed by atoms with Crippen LogP contribution in [0.15, 0.2) is 60.0 Å². The van der Waals surface area contributed by atoms with Crippen molar-refractivity contribution in [2.45, 2.75) is 13.0 Å². The lowest BCUT2D eigenvalue weighted by Crippen LogP contribution is -2.41. The van der Waals surface area contributed by atoms with E-state index in [0.717, 1.165) is 5.56 Å². The number of nitrogens with zero attached hydrogens (tertiary/aromatic N) is 1. The van der Waals surface area contributed by atoms with Crippen LogP contribution >= 0.6 is 0 Å². The molecule has 0 unspecified atom stereocenters. The van der Waals surface area contributed by atoms with Crippen LogP contribution in [0.4, 0.5) is 5.69 Å². The Morgan fingerprint density at radius 3 is 2.36 bits per heavy atom. The molecular formula is C19H19NO4S. The minimum Gasteiger partial charge on any atom is -0.497 e. The smallest absolute Gasteiger partial charge is 0.259 e. The summed E-state index contributed by atoms with van der Waals surface area (Å²) < 4.78 is 28.9.